The van der Waals surface area contributed by atoms with Gasteiger partial charge in [-0.2, -0.15) is 0 Å². The molecule has 0 saturated carbocycles. The maximum Gasteiger partial charge on any atom is 0.244 e. The second-order valence-electron chi connectivity index (χ2n) is 6.74. The zero-order valence-electron chi connectivity index (χ0n) is 15.4. The molecule has 5 nitrogen and oxygen atoms in total. The molecule has 0 aliphatic carbocycles. The lowest BCUT2D eigenvalue weighted by Gasteiger charge is -2.37. The minimum absolute atomic E-state index is 0.0739. The summed E-state index contributed by atoms with van der Waals surface area (Å²) in [6.45, 7) is 4.50. The number of rotatable bonds is 5. The molecular formula is C21H24FN3O2. The summed E-state index contributed by atoms with van der Waals surface area (Å²) in [4.78, 5) is 28.8. The first-order chi connectivity index (χ1) is 13.0. The summed E-state index contributed by atoms with van der Waals surface area (Å²) < 4.78 is 12.9. The number of hydrogen-bond donors (Lipinski definition) is 1. The zero-order chi connectivity index (χ0) is 19.2. The van der Waals surface area contributed by atoms with Crippen molar-refractivity contribution in [2.75, 3.05) is 31.1 Å². The molecular weight excluding hydrogens is 345 g/mol. The number of carbonyl (C=O) groups is 2. The highest BCUT2D eigenvalue weighted by Gasteiger charge is 2.25. The first-order valence-corrected chi connectivity index (χ1v) is 9.15. The van der Waals surface area contributed by atoms with E-state index in [0.29, 0.717) is 18.7 Å². The molecule has 0 bridgehead atoms. The van der Waals surface area contributed by atoms with Crippen LogP contribution in [0.3, 0.4) is 0 Å². The van der Waals surface area contributed by atoms with E-state index < -0.39 is 6.04 Å². The number of para-hydroxylation sites is 1. The Morgan fingerprint density at radius 1 is 1.00 bits per heavy atom. The van der Waals surface area contributed by atoms with Crippen molar-refractivity contribution in [3.8, 4) is 0 Å². The van der Waals surface area contributed by atoms with Gasteiger partial charge in [0.2, 0.25) is 11.8 Å². The van der Waals surface area contributed by atoms with E-state index in [1.165, 1.54) is 12.1 Å². The third-order valence-electron chi connectivity index (χ3n) is 4.74. The maximum atomic E-state index is 12.9. The van der Waals surface area contributed by atoms with E-state index in [4.69, 9.17) is 0 Å². The molecule has 0 radical (unpaired) electrons. The summed E-state index contributed by atoms with van der Waals surface area (Å²) in [5.41, 5.74) is 1.87. The van der Waals surface area contributed by atoms with Gasteiger partial charge in [0.25, 0.3) is 0 Å². The van der Waals surface area contributed by atoms with Crippen LogP contribution in [0.15, 0.2) is 54.6 Å². The molecule has 2 aromatic carbocycles. The Morgan fingerprint density at radius 2 is 1.63 bits per heavy atom. The number of halogens is 1. The maximum absolute atomic E-state index is 12.9. The lowest BCUT2D eigenvalue weighted by Crippen LogP contribution is -2.54. The van der Waals surface area contributed by atoms with Crippen LogP contribution < -0.4 is 10.2 Å². The Bertz CT molecular complexity index is 772. The average Bonchev–Trinajstić information content (AvgIpc) is 2.70. The van der Waals surface area contributed by atoms with E-state index in [1.54, 1.807) is 24.0 Å². The number of amides is 2. The van der Waals surface area contributed by atoms with Crippen molar-refractivity contribution in [2.45, 2.75) is 19.4 Å². The molecule has 27 heavy (non-hydrogen) atoms. The first-order valence-electron chi connectivity index (χ1n) is 9.15. The number of anilines is 1. The van der Waals surface area contributed by atoms with Gasteiger partial charge in [0, 0.05) is 31.9 Å². The van der Waals surface area contributed by atoms with Crippen LogP contribution in [0.1, 0.15) is 12.5 Å². The van der Waals surface area contributed by atoms with Crippen molar-refractivity contribution in [1.82, 2.24) is 10.2 Å². The molecule has 0 spiro atoms. The lowest BCUT2D eigenvalue weighted by molar-refractivity contribution is -0.136. The predicted molar refractivity (Wildman–Crippen MR) is 103 cm³/mol. The van der Waals surface area contributed by atoms with Crippen LogP contribution >= 0.6 is 0 Å². The molecule has 1 aliphatic heterocycles. The Morgan fingerprint density at radius 3 is 2.26 bits per heavy atom. The third-order valence-corrected chi connectivity index (χ3v) is 4.74. The first kappa shape index (κ1) is 18.9. The summed E-state index contributed by atoms with van der Waals surface area (Å²) in [6.07, 6.45) is 0.125. The third kappa shape index (κ3) is 5.06. The molecule has 0 unspecified atom stereocenters. The second-order valence-corrected chi connectivity index (χ2v) is 6.74. The van der Waals surface area contributed by atoms with Gasteiger partial charge in [0.1, 0.15) is 11.9 Å². The molecule has 1 saturated heterocycles. The largest absolute Gasteiger partial charge is 0.368 e. The number of hydrogen-bond acceptors (Lipinski definition) is 3. The lowest BCUT2D eigenvalue weighted by atomic mass is 10.1. The van der Waals surface area contributed by atoms with Gasteiger partial charge in [-0.25, -0.2) is 4.39 Å². The summed E-state index contributed by atoms with van der Waals surface area (Å²) in [6, 6.07) is 15.3. The standard InChI is InChI=1S/C21H24FN3O2/c1-16(23-20(26)15-17-7-9-18(22)10-8-17)21(27)25-13-11-24(12-14-25)19-5-3-2-4-6-19/h2-10,16H,11-15H2,1H3,(H,23,26)/t16-/m0/s1. The van der Waals surface area contributed by atoms with E-state index in [0.717, 1.165) is 18.8 Å². The number of nitrogens with zero attached hydrogens (tertiary/aromatic N) is 2. The zero-order valence-corrected chi connectivity index (χ0v) is 15.4. The van der Waals surface area contributed by atoms with Gasteiger partial charge in [-0.15, -0.1) is 0 Å². The molecule has 1 aliphatic rings. The molecule has 6 heteroatoms. The van der Waals surface area contributed by atoms with E-state index in [-0.39, 0.29) is 24.1 Å². The highest BCUT2D eigenvalue weighted by Crippen LogP contribution is 2.16. The Kier molecular flexibility index (Phi) is 6.06. The molecule has 3 rings (SSSR count). The fourth-order valence-corrected chi connectivity index (χ4v) is 3.24. The van der Waals surface area contributed by atoms with Crippen LogP contribution in [0.25, 0.3) is 0 Å². The average molecular weight is 369 g/mol. The smallest absolute Gasteiger partial charge is 0.244 e. The van der Waals surface area contributed by atoms with Crippen molar-refractivity contribution in [1.29, 1.82) is 0 Å². The van der Waals surface area contributed by atoms with Gasteiger partial charge in [0.05, 0.1) is 6.42 Å². The van der Waals surface area contributed by atoms with Crippen molar-refractivity contribution < 1.29 is 14.0 Å². The summed E-state index contributed by atoms with van der Waals surface area (Å²) >= 11 is 0. The fourth-order valence-electron chi connectivity index (χ4n) is 3.24. The fraction of sp³-hybridized carbons (Fsp3) is 0.333. The van der Waals surface area contributed by atoms with E-state index >= 15 is 0 Å². The van der Waals surface area contributed by atoms with Gasteiger partial charge < -0.3 is 15.1 Å². The van der Waals surface area contributed by atoms with Crippen molar-refractivity contribution in [3.63, 3.8) is 0 Å². The van der Waals surface area contributed by atoms with Crippen LogP contribution in [0, 0.1) is 5.82 Å². The quantitative estimate of drug-likeness (QED) is 0.879. The van der Waals surface area contributed by atoms with Crippen molar-refractivity contribution in [3.05, 3.63) is 66.0 Å². The number of piperazine rings is 1. The van der Waals surface area contributed by atoms with Crippen molar-refractivity contribution in [2.24, 2.45) is 0 Å². The summed E-state index contributed by atoms with van der Waals surface area (Å²) in [5, 5.41) is 2.75. The molecule has 142 valence electrons. The summed E-state index contributed by atoms with van der Waals surface area (Å²) in [5.74, 6) is -0.655. The second kappa shape index (κ2) is 8.66. The highest BCUT2D eigenvalue weighted by molar-refractivity contribution is 5.88. The van der Waals surface area contributed by atoms with Gasteiger partial charge in [-0.3, -0.25) is 9.59 Å². The number of benzene rings is 2. The van der Waals surface area contributed by atoms with E-state index in [2.05, 4.69) is 22.3 Å². The van der Waals surface area contributed by atoms with Crippen LogP contribution in [-0.2, 0) is 16.0 Å². The topological polar surface area (TPSA) is 52.7 Å². The number of nitrogens with one attached hydrogen (secondary N) is 1. The van der Waals surface area contributed by atoms with Crippen LogP contribution in [0.4, 0.5) is 10.1 Å². The molecule has 0 aromatic heterocycles. The predicted octanol–water partition coefficient (Wildman–Crippen LogP) is 2.22. The molecule has 2 amide bonds. The Labute approximate surface area is 158 Å². The molecule has 1 heterocycles. The molecule has 1 fully saturated rings. The van der Waals surface area contributed by atoms with Gasteiger partial charge in [-0.1, -0.05) is 30.3 Å². The molecule has 1 atom stereocenters. The van der Waals surface area contributed by atoms with Gasteiger partial charge >= 0.3 is 0 Å². The molecule has 1 N–H and O–H groups in total. The van der Waals surface area contributed by atoms with E-state index in [1.807, 2.05) is 18.2 Å². The molecule has 2 aromatic rings. The van der Waals surface area contributed by atoms with Crippen LogP contribution in [0.5, 0.6) is 0 Å². The SMILES string of the molecule is C[C@H](NC(=O)Cc1ccc(F)cc1)C(=O)N1CCN(c2ccccc2)CC1. The van der Waals surface area contributed by atoms with Crippen LogP contribution in [0.2, 0.25) is 0 Å². The Balaban J connectivity index is 1.47. The summed E-state index contributed by atoms with van der Waals surface area (Å²) in [7, 11) is 0. The highest BCUT2D eigenvalue weighted by atomic mass is 19.1. The van der Waals surface area contributed by atoms with E-state index in [9.17, 15) is 14.0 Å². The Hall–Kier alpha value is -2.89. The number of carbonyl (C=O) groups excluding carboxylic acids is 2. The van der Waals surface area contributed by atoms with Crippen molar-refractivity contribution >= 4 is 17.5 Å². The minimum Gasteiger partial charge on any atom is -0.368 e. The monoisotopic (exact) mass is 369 g/mol. The van der Waals surface area contributed by atoms with Gasteiger partial charge in [-0.05, 0) is 36.8 Å². The minimum atomic E-state index is -0.582. The normalized spacial score (nSPS) is 15.3. The van der Waals surface area contributed by atoms with Crippen LogP contribution in [-0.4, -0.2) is 48.9 Å². The van der Waals surface area contributed by atoms with Gasteiger partial charge in [0.15, 0.2) is 0 Å².